The van der Waals surface area contributed by atoms with Crippen LogP contribution >= 0.6 is 11.6 Å². The molecule has 5 aromatic rings. The van der Waals surface area contributed by atoms with E-state index in [0.717, 1.165) is 33.4 Å². The highest BCUT2D eigenvalue weighted by Gasteiger charge is 2.28. The maximum absolute atomic E-state index is 12.8. The lowest BCUT2D eigenvalue weighted by molar-refractivity contribution is 0.0962. The van der Waals surface area contributed by atoms with Crippen LogP contribution in [0.1, 0.15) is 34.0 Å². The Labute approximate surface area is 207 Å². The van der Waals surface area contributed by atoms with E-state index in [2.05, 4.69) is 20.3 Å². The minimum atomic E-state index is 0.0473. The Morgan fingerprint density at radius 2 is 1.57 bits per heavy atom. The number of para-hydroxylation sites is 1. The van der Waals surface area contributed by atoms with Gasteiger partial charge in [0.1, 0.15) is 0 Å². The highest BCUT2D eigenvalue weighted by molar-refractivity contribution is 6.30. The number of benzene rings is 3. The van der Waals surface area contributed by atoms with Crippen molar-refractivity contribution in [3.05, 3.63) is 107 Å². The molecule has 2 aromatic heterocycles. The minimum absolute atomic E-state index is 0.0473. The lowest BCUT2D eigenvalue weighted by Crippen LogP contribution is -2.21. The van der Waals surface area contributed by atoms with Crippen LogP contribution in [-0.4, -0.2) is 25.7 Å². The third kappa shape index (κ3) is 4.24. The summed E-state index contributed by atoms with van der Waals surface area (Å²) in [6.07, 6.45) is 2.68. The van der Waals surface area contributed by atoms with Crippen molar-refractivity contribution < 1.29 is 4.79 Å². The van der Waals surface area contributed by atoms with Gasteiger partial charge in [0.2, 0.25) is 11.9 Å². The molecule has 6 nitrogen and oxygen atoms in total. The number of hydrogen-bond acceptors (Lipinski definition) is 6. The van der Waals surface area contributed by atoms with E-state index in [4.69, 9.17) is 16.6 Å². The minimum Gasteiger partial charge on any atom is -0.294 e. The summed E-state index contributed by atoms with van der Waals surface area (Å²) in [7, 11) is 0. The topological polar surface area (TPSA) is 80.7 Å². The molecule has 1 N–H and O–H groups in total. The highest BCUT2D eigenvalue weighted by Crippen LogP contribution is 2.33. The summed E-state index contributed by atoms with van der Waals surface area (Å²) in [6.45, 7) is 0. The smallest absolute Gasteiger partial charge is 0.230 e. The second-order valence-corrected chi connectivity index (χ2v) is 8.97. The predicted molar refractivity (Wildman–Crippen MR) is 137 cm³/mol. The van der Waals surface area contributed by atoms with Gasteiger partial charge in [0.25, 0.3) is 0 Å². The molecule has 0 aliphatic heterocycles. The molecule has 2 heterocycles. The molecule has 170 valence electrons. The zero-order valence-corrected chi connectivity index (χ0v) is 19.4. The monoisotopic (exact) mass is 477 g/mol. The average molecular weight is 478 g/mol. The molecule has 0 bridgehead atoms. The van der Waals surface area contributed by atoms with Crippen LogP contribution in [-0.2, 0) is 6.42 Å². The molecule has 7 heteroatoms. The first kappa shape index (κ1) is 21.4. The molecule has 0 unspecified atom stereocenters. The molecule has 0 spiro atoms. The van der Waals surface area contributed by atoms with E-state index in [1.165, 1.54) is 0 Å². The number of fused-ring (bicyclic) bond motifs is 2. The molecule has 0 fully saturated rings. The van der Waals surface area contributed by atoms with Crippen molar-refractivity contribution in [2.45, 2.75) is 18.8 Å². The molecule has 3 aromatic carbocycles. The normalized spacial score (nSPS) is 15.1. The average Bonchev–Trinajstić information content (AvgIpc) is 2.89. The van der Waals surface area contributed by atoms with E-state index in [-0.39, 0.29) is 11.7 Å². The predicted octanol–water partition coefficient (Wildman–Crippen LogP) is 6.40. The van der Waals surface area contributed by atoms with Crippen LogP contribution in [0.4, 0.5) is 11.9 Å². The van der Waals surface area contributed by atoms with E-state index in [1.54, 1.807) is 6.20 Å². The Kier molecular flexibility index (Phi) is 5.43. The summed E-state index contributed by atoms with van der Waals surface area (Å²) in [6, 6.07) is 25.5. The summed E-state index contributed by atoms with van der Waals surface area (Å²) < 4.78 is 0. The van der Waals surface area contributed by atoms with Crippen LogP contribution in [0, 0.1) is 0 Å². The number of ketones is 1. The summed E-state index contributed by atoms with van der Waals surface area (Å²) in [4.78, 5) is 31.3. The fourth-order valence-corrected chi connectivity index (χ4v) is 4.65. The van der Waals surface area contributed by atoms with Gasteiger partial charge in [-0.15, -0.1) is 0 Å². The van der Waals surface area contributed by atoms with Gasteiger partial charge >= 0.3 is 0 Å². The van der Waals surface area contributed by atoms with Crippen LogP contribution in [0.5, 0.6) is 0 Å². The Balaban J connectivity index is 1.34. The second kappa shape index (κ2) is 8.89. The third-order valence-corrected chi connectivity index (χ3v) is 6.51. The number of carbonyl (C=O) groups excluding carboxylic acids is 1. The van der Waals surface area contributed by atoms with Crippen molar-refractivity contribution >= 4 is 40.2 Å². The Bertz CT molecular complexity index is 1550. The Hall–Kier alpha value is -4.16. The van der Waals surface area contributed by atoms with Gasteiger partial charge in [-0.2, -0.15) is 0 Å². The number of rotatable bonds is 4. The van der Waals surface area contributed by atoms with E-state index in [0.29, 0.717) is 35.3 Å². The first-order chi connectivity index (χ1) is 17.1. The molecule has 6 rings (SSSR count). The standard InChI is InChI=1S/C28H20ClN5O/c29-20-12-10-17(11-13-20)19-14-24-22(25(35)15-19)16-30-27(32-24)34-28-31-23-9-5-4-8-21(23)26(33-28)18-6-2-1-3-7-18/h1-13,16,19H,14-15H2,(H,30,31,32,33,34)/t19-/m1/s1. The summed E-state index contributed by atoms with van der Waals surface area (Å²) in [5, 5.41) is 4.80. The number of halogens is 1. The largest absolute Gasteiger partial charge is 0.294 e. The quantitative estimate of drug-likeness (QED) is 0.322. The molecule has 1 aliphatic carbocycles. The summed E-state index contributed by atoms with van der Waals surface area (Å²) in [5.74, 6) is 0.865. The second-order valence-electron chi connectivity index (χ2n) is 8.54. The van der Waals surface area contributed by atoms with Crippen LogP contribution in [0.25, 0.3) is 22.2 Å². The van der Waals surface area contributed by atoms with Gasteiger partial charge in [-0.1, -0.05) is 72.3 Å². The van der Waals surface area contributed by atoms with E-state index < -0.39 is 0 Å². The van der Waals surface area contributed by atoms with Gasteiger partial charge in [-0.25, -0.2) is 19.9 Å². The van der Waals surface area contributed by atoms with Crippen molar-refractivity contribution in [2.75, 3.05) is 5.32 Å². The zero-order valence-electron chi connectivity index (χ0n) is 18.6. The summed E-state index contributed by atoms with van der Waals surface area (Å²) in [5.41, 5.74) is 5.02. The lowest BCUT2D eigenvalue weighted by Gasteiger charge is -2.23. The number of nitrogens with zero attached hydrogens (tertiary/aromatic N) is 4. The van der Waals surface area contributed by atoms with E-state index in [9.17, 15) is 4.79 Å². The molecule has 35 heavy (non-hydrogen) atoms. The maximum Gasteiger partial charge on any atom is 0.230 e. The van der Waals surface area contributed by atoms with Crippen molar-refractivity contribution in [3.63, 3.8) is 0 Å². The van der Waals surface area contributed by atoms with Crippen LogP contribution < -0.4 is 5.32 Å². The van der Waals surface area contributed by atoms with Crippen LogP contribution in [0.2, 0.25) is 5.02 Å². The molecule has 0 amide bonds. The van der Waals surface area contributed by atoms with Crippen LogP contribution in [0.15, 0.2) is 85.1 Å². The first-order valence-electron chi connectivity index (χ1n) is 11.4. The van der Waals surface area contributed by atoms with Gasteiger partial charge < -0.3 is 0 Å². The van der Waals surface area contributed by atoms with E-state index >= 15 is 0 Å². The van der Waals surface area contributed by atoms with Crippen molar-refractivity contribution in [1.82, 2.24) is 19.9 Å². The summed E-state index contributed by atoms with van der Waals surface area (Å²) >= 11 is 6.04. The maximum atomic E-state index is 12.8. The number of anilines is 2. The number of nitrogens with one attached hydrogen (secondary N) is 1. The number of aromatic nitrogens is 4. The molecule has 0 radical (unpaired) electrons. The number of hydrogen-bond donors (Lipinski definition) is 1. The first-order valence-corrected chi connectivity index (χ1v) is 11.8. The molecular weight excluding hydrogens is 458 g/mol. The lowest BCUT2D eigenvalue weighted by atomic mass is 9.82. The van der Waals surface area contributed by atoms with Crippen LogP contribution in [0.3, 0.4) is 0 Å². The number of carbonyl (C=O) groups is 1. The van der Waals surface area contributed by atoms with Crippen molar-refractivity contribution in [3.8, 4) is 11.3 Å². The fraction of sp³-hybridized carbons (Fsp3) is 0.107. The third-order valence-electron chi connectivity index (χ3n) is 6.26. The zero-order chi connectivity index (χ0) is 23.8. The molecular formula is C28H20ClN5O. The molecule has 0 saturated carbocycles. The van der Waals surface area contributed by atoms with Gasteiger partial charge in [-0.3, -0.25) is 10.1 Å². The molecule has 0 saturated heterocycles. The number of Topliss-reactive ketones (excluding diaryl/α,β-unsaturated/α-hetero) is 1. The highest BCUT2D eigenvalue weighted by atomic mass is 35.5. The van der Waals surface area contributed by atoms with Crippen molar-refractivity contribution in [2.24, 2.45) is 0 Å². The van der Waals surface area contributed by atoms with Crippen molar-refractivity contribution in [1.29, 1.82) is 0 Å². The SMILES string of the molecule is O=C1C[C@H](c2ccc(Cl)cc2)Cc2nc(Nc3nc(-c4ccccc4)c4ccccc4n3)ncc21. The van der Waals surface area contributed by atoms with Gasteiger partial charge in [0, 0.05) is 28.6 Å². The Morgan fingerprint density at radius 3 is 2.40 bits per heavy atom. The fourth-order valence-electron chi connectivity index (χ4n) is 4.52. The van der Waals surface area contributed by atoms with Gasteiger partial charge in [-0.05, 0) is 36.1 Å². The molecule has 1 atom stereocenters. The van der Waals surface area contributed by atoms with Gasteiger partial charge in [0.05, 0.1) is 22.5 Å². The van der Waals surface area contributed by atoms with Gasteiger partial charge in [0.15, 0.2) is 5.78 Å². The van der Waals surface area contributed by atoms with E-state index in [1.807, 2.05) is 78.9 Å². The Morgan fingerprint density at radius 1 is 0.800 bits per heavy atom. The molecule has 1 aliphatic rings.